The van der Waals surface area contributed by atoms with Crippen LogP contribution in [-0.2, 0) is 9.53 Å². The standard InChI is InChI=1S/C18H34O2/c1-4-6-7-8-9-10-11-12-13-14-15-16-18(19)20-17(3)5-2/h10-11,17H,4-9,12-16H2,1-3H3/b11-10-/t17-/m1/s1. The number of hydrogen-bond acceptors (Lipinski definition) is 2. The summed E-state index contributed by atoms with van der Waals surface area (Å²) in [5.74, 6) is -0.0363. The Balaban J connectivity index is 3.27. The Hall–Kier alpha value is -0.790. The Labute approximate surface area is 126 Å². The monoisotopic (exact) mass is 282 g/mol. The molecule has 118 valence electrons. The summed E-state index contributed by atoms with van der Waals surface area (Å²) >= 11 is 0. The van der Waals surface area contributed by atoms with Gasteiger partial charge in [-0.05, 0) is 45.4 Å². The van der Waals surface area contributed by atoms with Gasteiger partial charge in [0, 0.05) is 6.42 Å². The summed E-state index contributed by atoms with van der Waals surface area (Å²) in [6.07, 6.45) is 17.1. The van der Waals surface area contributed by atoms with Gasteiger partial charge in [-0.1, -0.05) is 51.7 Å². The predicted octanol–water partition coefficient (Wildman–Crippen LogP) is 5.81. The van der Waals surface area contributed by atoms with Gasteiger partial charge in [0.25, 0.3) is 0 Å². The molecule has 0 aromatic rings. The maximum Gasteiger partial charge on any atom is 0.306 e. The first-order valence-electron chi connectivity index (χ1n) is 8.55. The second-order valence-corrected chi connectivity index (χ2v) is 5.63. The third kappa shape index (κ3) is 13.6. The Morgan fingerprint density at radius 3 is 2.10 bits per heavy atom. The summed E-state index contributed by atoms with van der Waals surface area (Å²) in [7, 11) is 0. The molecule has 0 aliphatic rings. The fraction of sp³-hybridized carbons (Fsp3) is 0.833. The number of carbonyl (C=O) groups excluding carboxylic acids is 1. The second-order valence-electron chi connectivity index (χ2n) is 5.63. The van der Waals surface area contributed by atoms with E-state index in [1.807, 2.05) is 13.8 Å². The van der Waals surface area contributed by atoms with Gasteiger partial charge in [0.1, 0.15) is 0 Å². The van der Waals surface area contributed by atoms with E-state index in [1.54, 1.807) is 0 Å². The van der Waals surface area contributed by atoms with E-state index in [4.69, 9.17) is 4.74 Å². The van der Waals surface area contributed by atoms with Crippen molar-refractivity contribution in [1.29, 1.82) is 0 Å². The van der Waals surface area contributed by atoms with E-state index >= 15 is 0 Å². The maximum atomic E-state index is 11.4. The van der Waals surface area contributed by atoms with Crippen molar-refractivity contribution in [3.05, 3.63) is 12.2 Å². The minimum atomic E-state index is -0.0363. The largest absolute Gasteiger partial charge is 0.463 e. The number of allylic oxidation sites excluding steroid dienone is 2. The average Bonchev–Trinajstić information content (AvgIpc) is 2.44. The fourth-order valence-electron chi connectivity index (χ4n) is 2.00. The molecule has 0 aromatic heterocycles. The van der Waals surface area contributed by atoms with Gasteiger partial charge in [-0.25, -0.2) is 0 Å². The van der Waals surface area contributed by atoms with Gasteiger partial charge in [0.2, 0.25) is 0 Å². The Morgan fingerprint density at radius 1 is 0.950 bits per heavy atom. The van der Waals surface area contributed by atoms with E-state index in [9.17, 15) is 4.79 Å². The quantitative estimate of drug-likeness (QED) is 0.242. The summed E-state index contributed by atoms with van der Waals surface area (Å²) in [5.41, 5.74) is 0. The van der Waals surface area contributed by atoms with Crippen LogP contribution >= 0.6 is 0 Å². The van der Waals surface area contributed by atoms with Crippen LogP contribution in [0.1, 0.15) is 91.4 Å². The lowest BCUT2D eigenvalue weighted by Crippen LogP contribution is -2.13. The van der Waals surface area contributed by atoms with Gasteiger partial charge in [0.05, 0.1) is 6.10 Å². The number of carbonyl (C=O) groups is 1. The molecule has 20 heavy (non-hydrogen) atoms. The predicted molar refractivity (Wildman–Crippen MR) is 86.8 cm³/mol. The highest BCUT2D eigenvalue weighted by Crippen LogP contribution is 2.08. The van der Waals surface area contributed by atoms with Gasteiger partial charge in [-0.2, -0.15) is 0 Å². The molecule has 2 nitrogen and oxygen atoms in total. The molecular weight excluding hydrogens is 248 g/mol. The third-order valence-corrected chi connectivity index (χ3v) is 3.55. The topological polar surface area (TPSA) is 26.3 Å². The molecule has 0 fully saturated rings. The Kier molecular flexibility index (Phi) is 14.0. The van der Waals surface area contributed by atoms with Crippen LogP contribution in [0.15, 0.2) is 12.2 Å². The van der Waals surface area contributed by atoms with Crippen molar-refractivity contribution in [2.24, 2.45) is 0 Å². The first-order valence-corrected chi connectivity index (χ1v) is 8.55. The summed E-state index contributed by atoms with van der Waals surface area (Å²) in [5, 5.41) is 0. The summed E-state index contributed by atoms with van der Waals surface area (Å²) in [4.78, 5) is 11.4. The highest BCUT2D eigenvalue weighted by molar-refractivity contribution is 5.69. The van der Waals surface area contributed by atoms with E-state index in [0.29, 0.717) is 6.42 Å². The van der Waals surface area contributed by atoms with Crippen LogP contribution in [0.25, 0.3) is 0 Å². The Morgan fingerprint density at radius 2 is 1.55 bits per heavy atom. The first kappa shape index (κ1) is 19.2. The van der Waals surface area contributed by atoms with Crippen molar-refractivity contribution in [2.75, 3.05) is 0 Å². The van der Waals surface area contributed by atoms with E-state index < -0.39 is 0 Å². The molecule has 0 bridgehead atoms. The van der Waals surface area contributed by atoms with Crippen LogP contribution in [0.2, 0.25) is 0 Å². The Bertz CT molecular complexity index is 246. The van der Waals surface area contributed by atoms with Crippen LogP contribution in [-0.4, -0.2) is 12.1 Å². The zero-order valence-corrected chi connectivity index (χ0v) is 13.8. The van der Waals surface area contributed by atoms with Crippen LogP contribution in [0.4, 0.5) is 0 Å². The smallest absolute Gasteiger partial charge is 0.306 e. The normalized spacial score (nSPS) is 12.8. The van der Waals surface area contributed by atoms with Crippen molar-refractivity contribution in [3.8, 4) is 0 Å². The van der Waals surface area contributed by atoms with Crippen molar-refractivity contribution < 1.29 is 9.53 Å². The maximum absolute atomic E-state index is 11.4. The van der Waals surface area contributed by atoms with Crippen molar-refractivity contribution in [1.82, 2.24) is 0 Å². The van der Waals surface area contributed by atoms with E-state index in [0.717, 1.165) is 25.7 Å². The second kappa shape index (κ2) is 14.6. The molecule has 0 radical (unpaired) electrons. The highest BCUT2D eigenvalue weighted by Gasteiger charge is 2.06. The molecule has 0 aliphatic heterocycles. The number of rotatable bonds is 13. The molecule has 0 unspecified atom stereocenters. The van der Waals surface area contributed by atoms with E-state index in [-0.39, 0.29) is 12.1 Å². The molecule has 0 aromatic carbocycles. The van der Waals surface area contributed by atoms with E-state index in [2.05, 4.69) is 19.1 Å². The van der Waals surface area contributed by atoms with Gasteiger partial charge in [-0.3, -0.25) is 4.79 Å². The molecule has 1 atom stereocenters. The van der Waals surface area contributed by atoms with Crippen LogP contribution < -0.4 is 0 Å². The zero-order valence-electron chi connectivity index (χ0n) is 13.8. The molecule has 2 heteroatoms. The summed E-state index contributed by atoms with van der Waals surface area (Å²) in [6.45, 7) is 6.23. The number of ether oxygens (including phenoxy) is 1. The fourth-order valence-corrected chi connectivity index (χ4v) is 2.00. The molecule has 0 amide bonds. The minimum absolute atomic E-state index is 0.0363. The summed E-state index contributed by atoms with van der Waals surface area (Å²) < 4.78 is 5.24. The molecule has 0 saturated heterocycles. The molecule has 0 heterocycles. The molecule has 0 saturated carbocycles. The van der Waals surface area contributed by atoms with Crippen molar-refractivity contribution >= 4 is 5.97 Å². The number of esters is 1. The average molecular weight is 282 g/mol. The highest BCUT2D eigenvalue weighted by atomic mass is 16.5. The van der Waals surface area contributed by atoms with Gasteiger partial charge >= 0.3 is 5.97 Å². The van der Waals surface area contributed by atoms with Crippen molar-refractivity contribution in [3.63, 3.8) is 0 Å². The lowest BCUT2D eigenvalue weighted by atomic mass is 10.1. The number of hydrogen-bond donors (Lipinski definition) is 0. The van der Waals surface area contributed by atoms with Gasteiger partial charge < -0.3 is 4.74 Å². The molecule has 0 aliphatic carbocycles. The van der Waals surface area contributed by atoms with Crippen molar-refractivity contribution in [2.45, 2.75) is 97.5 Å². The zero-order chi connectivity index (χ0) is 15.1. The SMILES string of the molecule is CCCCCC/C=C\CCCCCC(=O)O[C@H](C)CC. The third-order valence-electron chi connectivity index (χ3n) is 3.55. The number of unbranched alkanes of at least 4 members (excludes halogenated alkanes) is 7. The minimum Gasteiger partial charge on any atom is -0.463 e. The van der Waals surface area contributed by atoms with Gasteiger partial charge in [-0.15, -0.1) is 0 Å². The van der Waals surface area contributed by atoms with Crippen LogP contribution in [0, 0.1) is 0 Å². The lowest BCUT2D eigenvalue weighted by Gasteiger charge is -2.10. The molecular formula is C18H34O2. The first-order chi connectivity index (χ1) is 9.70. The van der Waals surface area contributed by atoms with E-state index in [1.165, 1.54) is 38.5 Å². The lowest BCUT2D eigenvalue weighted by molar-refractivity contribution is -0.148. The van der Waals surface area contributed by atoms with Crippen LogP contribution in [0.5, 0.6) is 0 Å². The molecule has 0 rings (SSSR count). The molecule has 0 N–H and O–H groups in total. The van der Waals surface area contributed by atoms with Gasteiger partial charge in [0.15, 0.2) is 0 Å². The van der Waals surface area contributed by atoms with Crippen LogP contribution in [0.3, 0.4) is 0 Å². The summed E-state index contributed by atoms with van der Waals surface area (Å²) in [6, 6.07) is 0. The molecule has 0 spiro atoms.